The minimum atomic E-state index is -0.759. The Hall–Kier alpha value is -2.85. The quantitative estimate of drug-likeness (QED) is 0.397. The van der Waals surface area contributed by atoms with E-state index in [4.69, 9.17) is 12.2 Å². The third-order valence-corrected chi connectivity index (χ3v) is 3.88. The molecule has 10 heteroatoms. The average molecular weight is 423 g/mol. The lowest BCUT2D eigenvalue weighted by Gasteiger charge is -2.11. The number of nitrogens with one attached hydrogen (secondary N) is 3. The summed E-state index contributed by atoms with van der Waals surface area (Å²) in [5.74, 6) is -1.24. The number of rotatable bonds is 3. The van der Waals surface area contributed by atoms with Gasteiger partial charge in [-0.25, -0.2) is 0 Å². The van der Waals surface area contributed by atoms with E-state index in [9.17, 15) is 19.7 Å². The largest absolute Gasteiger partial charge is 0.298 e. The van der Waals surface area contributed by atoms with Crippen LogP contribution in [0.5, 0.6) is 0 Å². The van der Waals surface area contributed by atoms with Crippen molar-refractivity contribution in [2.45, 2.75) is 0 Å². The number of nitro groups is 1. The molecule has 0 fully saturated rings. The van der Waals surface area contributed by atoms with E-state index in [2.05, 4.69) is 32.1 Å². The molecule has 25 heavy (non-hydrogen) atoms. The van der Waals surface area contributed by atoms with E-state index in [1.54, 1.807) is 24.3 Å². The molecule has 0 bridgehead atoms. The molecule has 2 aromatic carbocycles. The van der Waals surface area contributed by atoms with Crippen LogP contribution in [0.25, 0.3) is 0 Å². The first kappa shape index (κ1) is 18.5. The summed E-state index contributed by atoms with van der Waals surface area (Å²) in [6.07, 6.45) is 0. The van der Waals surface area contributed by atoms with E-state index in [-0.39, 0.29) is 16.4 Å². The van der Waals surface area contributed by atoms with Crippen molar-refractivity contribution >= 4 is 50.8 Å². The number of amides is 2. The fourth-order valence-electron chi connectivity index (χ4n) is 1.85. The standard InChI is InChI=1S/C15H11BrN4O4S/c16-11-7-3-1-5-9(11)13(21)17-15(25)19-18-14(22)10-6-2-4-8-12(10)20(23)24/h1-8H,(H,18,22)(H2,17,19,21,25). The first-order chi connectivity index (χ1) is 11.9. The Kier molecular flexibility index (Phi) is 6.14. The van der Waals surface area contributed by atoms with E-state index in [0.29, 0.717) is 10.0 Å². The van der Waals surface area contributed by atoms with Crippen LogP contribution in [0.4, 0.5) is 5.69 Å². The lowest BCUT2D eigenvalue weighted by Crippen LogP contribution is -2.48. The predicted molar refractivity (Wildman–Crippen MR) is 97.9 cm³/mol. The van der Waals surface area contributed by atoms with Gasteiger partial charge in [0.15, 0.2) is 5.11 Å². The monoisotopic (exact) mass is 422 g/mol. The first-order valence-electron chi connectivity index (χ1n) is 6.79. The average Bonchev–Trinajstić information content (AvgIpc) is 2.59. The molecule has 128 valence electrons. The Labute approximate surface area is 155 Å². The SMILES string of the molecule is O=C(NC(=S)NNC(=O)c1ccccc1[N+](=O)[O-])c1ccccc1Br. The third kappa shape index (κ3) is 4.81. The zero-order valence-electron chi connectivity index (χ0n) is 12.5. The minimum absolute atomic E-state index is 0.139. The summed E-state index contributed by atoms with van der Waals surface area (Å²) in [5, 5.41) is 13.1. The molecule has 0 saturated heterocycles. The topological polar surface area (TPSA) is 113 Å². The van der Waals surface area contributed by atoms with Crippen LogP contribution in [-0.2, 0) is 0 Å². The maximum Gasteiger partial charge on any atom is 0.282 e. The van der Waals surface area contributed by atoms with Crippen molar-refractivity contribution < 1.29 is 14.5 Å². The summed E-state index contributed by atoms with van der Waals surface area (Å²) in [6, 6.07) is 12.2. The second kappa shape index (κ2) is 8.31. The van der Waals surface area contributed by atoms with Gasteiger partial charge in [0.1, 0.15) is 5.56 Å². The number of carbonyl (C=O) groups excluding carboxylic acids is 2. The number of carbonyl (C=O) groups is 2. The molecule has 0 atom stereocenters. The van der Waals surface area contributed by atoms with E-state index in [1.807, 2.05) is 0 Å². The molecule has 2 aromatic rings. The molecule has 0 radical (unpaired) electrons. The molecular formula is C15H11BrN4O4S. The molecule has 0 aliphatic carbocycles. The number of nitro benzene ring substituents is 1. The van der Waals surface area contributed by atoms with Crippen molar-refractivity contribution in [3.63, 3.8) is 0 Å². The highest BCUT2D eigenvalue weighted by atomic mass is 79.9. The van der Waals surface area contributed by atoms with Gasteiger partial charge in [0.05, 0.1) is 10.5 Å². The van der Waals surface area contributed by atoms with Crippen LogP contribution >= 0.6 is 28.1 Å². The van der Waals surface area contributed by atoms with Crippen LogP contribution in [-0.4, -0.2) is 21.9 Å². The summed E-state index contributed by atoms with van der Waals surface area (Å²) < 4.78 is 0.583. The summed E-state index contributed by atoms with van der Waals surface area (Å²) in [4.78, 5) is 34.3. The summed E-state index contributed by atoms with van der Waals surface area (Å²) in [5.41, 5.74) is 4.41. The van der Waals surface area contributed by atoms with Gasteiger partial charge >= 0.3 is 0 Å². The van der Waals surface area contributed by atoms with Gasteiger partial charge < -0.3 is 0 Å². The van der Waals surface area contributed by atoms with E-state index in [0.717, 1.165) is 0 Å². The second-order valence-electron chi connectivity index (χ2n) is 4.62. The van der Waals surface area contributed by atoms with Crippen LogP contribution < -0.4 is 16.2 Å². The number of hydrogen-bond acceptors (Lipinski definition) is 5. The maximum atomic E-state index is 12.1. The molecule has 0 heterocycles. The van der Waals surface area contributed by atoms with Gasteiger partial charge in [-0.05, 0) is 46.3 Å². The smallest absolute Gasteiger partial charge is 0.282 e. The number of para-hydroxylation sites is 1. The molecule has 3 N–H and O–H groups in total. The van der Waals surface area contributed by atoms with Crippen molar-refractivity contribution in [3.05, 3.63) is 74.2 Å². The number of hydrazine groups is 1. The Morgan fingerprint density at radius 1 is 0.960 bits per heavy atom. The molecule has 0 aliphatic heterocycles. The van der Waals surface area contributed by atoms with Crippen LogP contribution in [0.3, 0.4) is 0 Å². The van der Waals surface area contributed by atoms with Crippen molar-refractivity contribution in [1.82, 2.24) is 16.2 Å². The highest BCUT2D eigenvalue weighted by molar-refractivity contribution is 9.10. The summed E-state index contributed by atoms with van der Waals surface area (Å²) in [7, 11) is 0. The van der Waals surface area contributed by atoms with Gasteiger partial charge in [0.25, 0.3) is 17.5 Å². The molecule has 0 saturated carbocycles. The molecule has 2 amide bonds. The number of benzene rings is 2. The molecule has 0 aromatic heterocycles. The van der Waals surface area contributed by atoms with E-state index >= 15 is 0 Å². The number of halogens is 1. The van der Waals surface area contributed by atoms with Crippen molar-refractivity contribution in [3.8, 4) is 0 Å². The van der Waals surface area contributed by atoms with Crippen molar-refractivity contribution in [2.24, 2.45) is 0 Å². The Morgan fingerprint density at radius 2 is 1.56 bits per heavy atom. The molecule has 8 nitrogen and oxygen atoms in total. The summed E-state index contributed by atoms with van der Waals surface area (Å²) in [6.45, 7) is 0. The predicted octanol–water partition coefficient (Wildman–Crippen LogP) is 2.31. The summed E-state index contributed by atoms with van der Waals surface area (Å²) >= 11 is 8.16. The molecule has 0 spiro atoms. The minimum Gasteiger partial charge on any atom is -0.298 e. The van der Waals surface area contributed by atoms with Crippen LogP contribution in [0.15, 0.2) is 53.0 Å². The first-order valence-corrected chi connectivity index (χ1v) is 8.00. The van der Waals surface area contributed by atoms with Crippen LogP contribution in [0.1, 0.15) is 20.7 Å². The van der Waals surface area contributed by atoms with Crippen molar-refractivity contribution in [2.75, 3.05) is 0 Å². The normalized spacial score (nSPS) is 9.80. The Balaban J connectivity index is 1.96. The zero-order valence-corrected chi connectivity index (χ0v) is 14.9. The number of thiocarbonyl (C=S) groups is 1. The highest BCUT2D eigenvalue weighted by Gasteiger charge is 2.19. The van der Waals surface area contributed by atoms with Crippen LogP contribution in [0, 0.1) is 10.1 Å². The van der Waals surface area contributed by atoms with E-state index < -0.39 is 16.7 Å². The second-order valence-corrected chi connectivity index (χ2v) is 5.88. The zero-order chi connectivity index (χ0) is 18.4. The number of nitrogens with zero attached hydrogens (tertiary/aromatic N) is 1. The van der Waals surface area contributed by atoms with Crippen molar-refractivity contribution in [1.29, 1.82) is 0 Å². The van der Waals surface area contributed by atoms with Gasteiger partial charge in [-0.1, -0.05) is 24.3 Å². The van der Waals surface area contributed by atoms with Gasteiger partial charge in [0, 0.05) is 10.5 Å². The highest BCUT2D eigenvalue weighted by Crippen LogP contribution is 2.17. The maximum absolute atomic E-state index is 12.1. The van der Waals surface area contributed by atoms with Crippen LogP contribution in [0.2, 0.25) is 0 Å². The fraction of sp³-hybridized carbons (Fsp3) is 0. The molecular weight excluding hydrogens is 412 g/mol. The fourth-order valence-corrected chi connectivity index (χ4v) is 2.46. The van der Waals surface area contributed by atoms with Gasteiger partial charge in [-0.2, -0.15) is 0 Å². The molecule has 0 unspecified atom stereocenters. The Morgan fingerprint density at radius 3 is 2.20 bits per heavy atom. The lowest BCUT2D eigenvalue weighted by molar-refractivity contribution is -0.385. The number of hydrogen-bond donors (Lipinski definition) is 3. The van der Waals surface area contributed by atoms with Gasteiger partial charge in [-0.15, -0.1) is 0 Å². The molecule has 0 aliphatic rings. The Bertz CT molecular complexity index is 859. The third-order valence-electron chi connectivity index (χ3n) is 2.98. The lowest BCUT2D eigenvalue weighted by atomic mass is 10.2. The van der Waals surface area contributed by atoms with Gasteiger partial charge in [0.2, 0.25) is 0 Å². The van der Waals surface area contributed by atoms with E-state index in [1.165, 1.54) is 24.3 Å². The molecule has 2 rings (SSSR count). The van der Waals surface area contributed by atoms with Gasteiger partial charge in [-0.3, -0.25) is 35.9 Å².